The van der Waals surface area contributed by atoms with Crippen LogP contribution in [0.2, 0.25) is 0 Å². The van der Waals surface area contributed by atoms with E-state index in [-0.39, 0.29) is 11.6 Å². The standard InChI is InChI=1S/C15H7F6I2NO2/c16-14(17,18)6-1-7(15(19,20)21)3-9(2-6)24-13(26)10-4-8(22)5-11(23)12(10)25/h1-5,25H,(H,24,26). The molecule has 0 aromatic heterocycles. The maximum absolute atomic E-state index is 12.8. The van der Waals surface area contributed by atoms with Gasteiger partial charge in [0.05, 0.1) is 20.3 Å². The van der Waals surface area contributed by atoms with E-state index in [9.17, 15) is 36.2 Å². The zero-order valence-corrected chi connectivity index (χ0v) is 16.6. The van der Waals surface area contributed by atoms with Crippen molar-refractivity contribution in [1.82, 2.24) is 0 Å². The maximum atomic E-state index is 12.8. The summed E-state index contributed by atoms with van der Waals surface area (Å²) in [5.74, 6) is -1.46. The lowest BCUT2D eigenvalue weighted by molar-refractivity contribution is -0.143. The highest BCUT2D eigenvalue weighted by Crippen LogP contribution is 2.38. The van der Waals surface area contributed by atoms with Crippen LogP contribution in [0.25, 0.3) is 0 Å². The van der Waals surface area contributed by atoms with Crippen molar-refractivity contribution in [3.63, 3.8) is 0 Å². The van der Waals surface area contributed by atoms with Gasteiger partial charge in [0, 0.05) is 9.26 Å². The van der Waals surface area contributed by atoms with Gasteiger partial charge in [-0.2, -0.15) is 26.3 Å². The first-order chi connectivity index (χ1) is 11.8. The van der Waals surface area contributed by atoms with E-state index in [4.69, 9.17) is 0 Å². The normalized spacial score (nSPS) is 12.2. The van der Waals surface area contributed by atoms with Crippen molar-refractivity contribution in [2.75, 3.05) is 5.32 Å². The second kappa shape index (κ2) is 7.40. The second-order valence-corrected chi connectivity index (χ2v) is 7.44. The highest BCUT2D eigenvalue weighted by Gasteiger charge is 2.37. The number of nitrogens with one attached hydrogen (secondary N) is 1. The van der Waals surface area contributed by atoms with Crippen LogP contribution in [-0.4, -0.2) is 11.0 Å². The SMILES string of the molecule is O=C(Nc1cc(C(F)(F)F)cc(C(F)(F)F)c1)c1cc(I)cc(I)c1O. The lowest BCUT2D eigenvalue weighted by atomic mass is 10.1. The Morgan fingerprint density at radius 1 is 0.885 bits per heavy atom. The van der Waals surface area contributed by atoms with Gasteiger partial charge >= 0.3 is 12.4 Å². The maximum Gasteiger partial charge on any atom is 0.416 e. The van der Waals surface area contributed by atoms with Gasteiger partial charge in [-0.15, -0.1) is 0 Å². The predicted molar refractivity (Wildman–Crippen MR) is 97.9 cm³/mol. The van der Waals surface area contributed by atoms with E-state index >= 15 is 0 Å². The molecule has 2 N–H and O–H groups in total. The topological polar surface area (TPSA) is 49.3 Å². The summed E-state index contributed by atoms with van der Waals surface area (Å²) in [5, 5.41) is 11.9. The summed E-state index contributed by atoms with van der Waals surface area (Å²) in [4.78, 5) is 12.2. The van der Waals surface area contributed by atoms with E-state index in [2.05, 4.69) is 0 Å². The second-order valence-electron chi connectivity index (χ2n) is 5.03. The molecule has 3 nitrogen and oxygen atoms in total. The van der Waals surface area contributed by atoms with E-state index in [1.54, 1.807) is 28.7 Å². The molecule has 2 aromatic rings. The Kier molecular flexibility index (Phi) is 5.99. The van der Waals surface area contributed by atoms with Crippen molar-refractivity contribution in [3.05, 3.63) is 54.2 Å². The van der Waals surface area contributed by atoms with Gasteiger partial charge in [0.1, 0.15) is 5.75 Å². The van der Waals surface area contributed by atoms with Crippen LogP contribution in [0.15, 0.2) is 30.3 Å². The van der Waals surface area contributed by atoms with Crippen molar-refractivity contribution < 1.29 is 36.2 Å². The summed E-state index contributed by atoms with van der Waals surface area (Å²) in [5.41, 5.74) is -4.06. The van der Waals surface area contributed by atoms with Crippen LogP contribution < -0.4 is 5.32 Å². The Labute approximate surface area is 170 Å². The number of phenols is 1. The minimum atomic E-state index is -5.03. The largest absolute Gasteiger partial charge is 0.506 e. The molecule has 2 aromatic carbocycles. The number of hydrogen-bond donors (Lipinski definition) is 2. The molecule has 0 unspecified atom stereocenters. The fourth-order valence-electron chi connectivity index (χ4n) is 1.96. The molecule has 0 saturated heterocycles. The van der Waals surface area contributed by atoms with Crippen molar-refractivity contribution in [2.45, 2.75) is 12.4 Å². The summed E-state index contributed by atoms with van der Waals surface area (Å²) in [6.07, 6.45) is -10.1. The van der Waals surface area contributed by atoms with Crippen LogP contribution in [0, 0.1) is 7.14 Å². The minimum Gasteiger partial charge on any atom is -0.506 e. The molecule has 0 aliphatic carbocycles. The third kappa shape index (κ3) is 4.92. The fraction of sp³-hybridized carbons (Fsp3) is 0.133. The summed E-state index contributed by atoms with van der Waals surface area (Å²) < 4.78 is 77.9. The lowest BCUT2D eigenvalue weighted by Gasteiger charge is -2.15. The van der Waals surface area contributed by atoms with Crippen molar-refractivity contribution in [3.8, 4) is 5.75 Å². The third-order valence-electron chi connectivity index (χ3n) is 3.12. The molecule has 2 rings (SSSR count). The molecule has 26 heavy (non-hydrogen) atoms. The number of alkyl halides is 6. The molecule has 0 saturated carbocycles. The van der Waals surface area contributed by atoms with Gasteiger partial charge in [-0.3, -0.25) is 4.79 Å². The molecular formula is C15H7F6I2NO2. The Balaban J connectivity index is 2.48. The average Bonchev–Trinajstić information content (AvgIpc) is 2.48. The molecule has 0 aliphatic rings. The quantitative estimate of drug-likeness (QED) is 0.334. The number of aromatic hydroxyl groups is 1. The number of amides is 1. The molecule has 0 bridgehead atoms. The van der Waals surface area contributed by atoms with Crippen molar-refractivity contribution in [2.24, 2.45) is 0 Å². The summed E-state index contributed by atoms with van der Waals surface area (Å²) >= 11 is 3.59. The van der Waals surface area contributed by atoms with Crippen LogP contribution in [-0.2, 0) is 12.4 Å². The molecule has 0 atom stereocenters. The predicted octanol–water partition coefficient (Wildman–Crippen LogP) is 5.89. The number of rotatable bonds is 2. The van der Waals surface area contributed by atoms with Gasteiger partial charge < -0.3 is 10.4 Å². The Morgan fingerprint density at radius 2 is 1.38 bits per heavy atom. The molecule has 0 fully saturated rings. The van der Waals surface area contributed by atoms with E-state index in [1.807, 2.05) is 27.9 Å². The number of benzene rings is 2. The van der Waals surface area contributed by atoms with Gasteiger partial charge in [0.15, 0.2) is 0 Å². The van der Waals surface area contributed by atoms with Crippen LogP contribution >= 0.6 is 45.2 Å². The molecule has 0 heterocycles. The van der Waals surface area contributed by atoms with Crippen LogP contribution in [0.5, 0.6) is 5.75 Å². The number of carbonyl (C=O) groups excluding carboxylic acids is 1. The molecule has 0 radical (unpaired) electrons. The Morgan fingerprint density at radius 3 is 1.85 bits per heavy atom. The summed E-state index contributed by atoms with van der Waals surface area (Å²) in [6, 6.07) is 3.54. The van der Waals surface area contributed by atoms with Crippen LogP contribution in [0.1, 0.15) is 21.5 Å². The molecule has 0 spiro atoms. The van der Waals surface area contributed by atoms with Gasteiger partial charge in [0.25, 0.3) is 5.91 Å². The van der Waals surface area contributed by atoms with Gasteiger partial charge in [-0.1, -0.05) is 0 Å². The highest BCUT2D eigenvalue weighted by molar-refractivity contribution is 14.1. The number of phenolic OH excluding ortho intramolecular Hbond substituents is 1. The average molecular weight is 601 g/mol. The summed E-state index contributed by atoms with van der Waals surface area (Å²) in [6.45, 7) is 0. The fourth-order valence-corrected chi connectivity index (χ4v) is 3.81. The molecular weight excluding hydrogens is 594 g/mol. The van der Waals surface area contributed by atoms with Gasteiger partial charge in [-0.05, 0) is 75.5 Å². The number of halogens is 8. The van der Waals surface area contributed by atoms with E-state index in [1.165, 1.54) is 6.07 Å². The van der Waals surface area contributed by atoms with E-state index in [0.717, 1.165) is 0 Å². The third-order valence-corrected chi connectivity index (χ3v) is 4.56. The monoisotopic (exact) mass is 601 g/mol. The van der Waals surface area contributed by atoms with Crippen LogP contribution in [0.3, 0.4) is 0 Å². The molecule has 0 aliphatic heterocycles. The first-order valence-electron chi connectivity index (χ1n) is 6.58. The van der Waals surface area contributed by atoms with Gasteiger partial charge in [0.2, 0.25) is 0 Å². The Hall–Kier alpha value is -1.25. The highest BCUT2D eigenvalue weighted by atomic mass is 127. The molecule has 1 amide bonds. The number of carbonyl (C=O) groups is 1. The smallest absolute Gasteiger partial charge is 0.416 e. The van der Waals surface area contributed by atoms with Crippen LogP contribution in [0.4, 0.5) is 32.0 Å². The number of anilines is 1. The zero-order valence-electron chi connectivity index (χ0n) is 12.3. The Bertz CT molecular complexity index is 832. The lowest BCUT2D eigenvalue weighted by Crippen LogP contribution is -2.16. The first-order valence-corrected chi connectivity index (χ1v) is 8.73. The first kappa shape index (κ1) is 21.1. The van der Waals surface area contributed by atoms with Crippen molar-refractivity contribution >= 4 is 56.8 Å². The summed E-state index contributed by atoms with van der Waals surface area (Å²) in [7, 11) is 0. The minimum absolute atomic E-state index is 0.0402. The number of hydrogen-bond acceptors (Lipinski definition) is 2. The molecule has 11 heteroatoms. The van der Waals surface area contributed by atoms with E-state index in [0.29, 0.717) is 19.3 Å². The van der Waals surface area contributed by atoms with E-state index < -0.39 is 40.8 Å². The zero-order chi connectivity index (χ0) is 19.9. The molecule has 140 valence electrons. The van der Waals surface area contributed by atoms with Gasteiger partial charge in [-0.25, -0.2) is 0 Å². The van der Waals surface area contributed by atoms with Crippen molar-refractivity contribution in [1.29, 1.82) is 0 Å².